The van der Waals surface area contributed by atoms with Gasteiger partial charge in [0, 0.05) is 18.1 Å². The molecule has 0 radical (unpaired) electrons. The summed E-state index contributed by atoms with van der Waals surface area (Å²) in [5, 5.41) is 13.2. The van der Waals surface area contributed by atoms with Gasteiger partial charge in [0.2, 0.25) is 0 Å². The zero-order valence-electron chi connectivity index (χ0n) is 12.4. The lowest BCUT2D eigenvalue weighted by Crippen LogP contribution is -2.68. The van der Waals surface area contributed by atoms with E-state index in [1.807, 2.05) is 25.1 Å². The van der Waals surface area contributed by atoms with Crippen molar-refractivity contribution in [2.24, 2.45) is 5.41 Å². The highest BCUT2D eigenvalue weighted by Crippen LogP contribution is 2.57. The number of ether oxygens (including phenoxy) is 1. The van der Waals surface area contributed by atoms with Gasteiger partial charge in [-0.2, -0.15) is 0 Å². The summed E-state index contributed by atoms with van der Waals surface area (Å²) in [5.74, 6) is -0.299. The lowest BCUT2D eigenvalue weighted by atomic mass is 9.51. The summed E-state index contributed by atoms with van der Waals surface area (Å²) in [6, 6.07) is 9.21. The van der Waals surface area contributed by atoms with Crippen LogP contribution in [0.2, 0.25) is 0 Å². The van der Waals surface area contributed by atoms with E-state index in [0.29, 0.717) is 5.56 Å². The Labute approximate surface area is 125 Å². The standard InChI is InChI=1S/C17H23NO3/c1-2-21-14-11-13(17(14)9-6-10-17)18-16(20)15(19)12-7-4-3-5-8-12/h3-5,7-8,13-15,19H,2,6,9-11H2,1H3,(H,18,20). The summed E-state index contributed by atoms with van der Waals surface area (Å²) in [6.07, 6.45) is 3.48. The Balaban J connectivity index is 1.61. The fraction of sp³-hybridized carbons (Fsp3) is 0.588. The predicted molar refractivity (Wildman–Crippen MR) is 79.6 cm³/mol. The van der Waals surface area contributed by atoms with Crippen LogP contribution >= 0.6 is 0 Å². The molecule has 3 atom stereocenters. The number of aliphatic hydroxyl groups excluding tert-OH is 1. The Morgan fingerprint density at radius 2 is 2.14 bits per heavy atom. The van der Waals surface area contributed by atoms with Crippen LogP contribution in [-0.2, 0) is 9.53 Å². The summed E-state index contributed by atoms with van der Waals surface area (Å²) in [4.78, 5) is 12.2. The number of hydrogen-bond donors (Lipinski definition) is 2. The highest BCUT2D eigenvalue weighted by molar-refractivity contribution is 5.82. The molecule has 1 amide bonds. The predicted octanol–water partition coefficient (Wildman–Crippen LogP) is 2.18. The smallest absolute Gasteiger partial charge is 0.253 e. The Kier molecular flexibility index (Phi) is 4.00. The van der Waals surface area contributed by atoms with Gasteiger partial charge in [-0.1, -0.05) is 36.8 Å². The van der Waals surface area contributed by atoms with E-state index in [-0.39, 0.29) is 23.5 Å². The molecule has 0 aromatic heterocycles. The molecule has 2 fully saturated rings. The molecule has 4 heteroatoms. The molecule has 4 nitrogen and oxygen atoms in total. The van der Waals surface area contributed by atoms with Gasteiger partial charge in [-0.05, 0) is 31.7 Å². The van der Waals surface area contributed by atoms with E-state index in [9.17, 15) is 9.90 Å². The molecule has 3 unspecified atom stereocenters. The normalized spacial score (nSPS) is 27.5. The monoisotopic (exact) mass is 289 g/mol. The van der Waals surface area contributed by atoms with Crippen molar-refractivity contribution in [1.29, 1.82) is 0 Å². The van der Waals surface area contributed by atoms with E-state index in [1.165, 1.54) is 6.42 Å². The molecule has 0 saturated heterocycles. The van der Waals surface area contributed by atoms with Crippen LogP contribution in [0.25, 0.3) is 0 Å². The largest absolute Gasteiger partial charge is 0.378 e. The molecule has 3 rings (SSSR count). The van der Waals surface area contributed by atoms with Gasteiger partial charge in [0.05, 0.1) is 6.10 Å². The van der Waals surface area contributed by atoms with Gasteiger partial charge in [0.25, 0.3) is 5.91 Å². The summed E-state index contributed by atoms with van der Waals surface area (Å²) in [5.41, 5.74) is 0.764. The molecule has 2 aliphatic carbocycles. The highest BCUT2D eigenvalue weighted by atomic mass is 16.5. The minimum atomic E-state index is -1.09. The number of amides is 1. The Bertz CT molecular complexity index is 498. The van der Waals surface area contributed by atoms with Gasteiger partial charge >= 0.3 is 0 Å². The molecule has 2 N–H and O–H groups in total. The van der Waals surface area contributed by atoms with Gasteiger partial charge in [0.15, 0.2) is 6.10 Å². The van der Waals surface area contributed by atoms with Crippen LogP contribution in [0.5, 0.6) is 0 Å². The van der Waals surface area contributed by atoms with E-state index in [2.05, 4.69) is 5.32 Å². The second kappa shape index (κ2) is 5.78. The maximum absolute atomic E-state index is 12.2. The third kappa shape index (κ3) is 2.47. The van der Waals surface area contributed by atoms with Crippen molar-refractivity contribution in [3.63, 3.8) is 0 Å². The second-order valence-electron chi connectivity index (χ2n) is 6.14. The highest BCUT2D eigenvalue weighted by Gasteiger charge is 2.59. The molecule has 1 spiro atoms. The van der Waals surface area contributed by atoms with E-state index < -0.39 is 6.10 Å². The first-order valence-electron chi connectivity index (χ1n) is 7.82. The lowest BCUT2D eigenvalue weighted by molar-refractivity contribution is -0.177. The number of benzene rings is 1. The molecular weight excluding hydrogens is 266 g/mol. The topological polar surface area (TPSA) is 58.6 Å². The Hall–Kier alpha value is -1.39. The van der Waals surface area contributed by atoms with E-state index in [4.69, 9.17) is 4.74 Å². The number of aliphatic hydroxyl groups is 1. The molecule has 0 heterocycles. The fourth-order valence-corrected chi connectivity index (χ4v) is 3.68. The van der Waals surface area contributed by atoms with Crippen LogP contribution in [-0.4, -0.2) is 29.8 Å². The summed E-state index contributed by atoms with van der Waals surface area (Å²) in [7, 11) is 0. The van der Waals surface area contributed by atoms with Crippen LogP contribution in [0.15, 0.2) is 30.3 Å². The lowest BCUT2D eigenvalue weighted by Gasteiger charge is -2.61. The number of hydrogen-bond acceptors (Lipinski definition) is 3. The number of rotatable bonds is 5. The SMILES string of the molecule is CCOC1CC(NC(=O)C(O)c2ccccc2)C12CCC2. The molecule has 114 valence electrons. The first-order valence-corrected chi connectivity index (χ1v) is 7.82. The zero-order chi connectivity index (χ0) is 14.9. The van der Waals surface area contributed by atoms with Gasteiger partial charge < -0.3 is 15.2 Å². The number of nitrogens with one attached hydrogen (secondary N) is 1. The van der Waals surface area contributed by atoms with Gasteiger partial charge in [-0.15, -0.1) is 0 Å². The van der Waals surface area contributed by atoms with Crippen molar-refractivity contribution in [2.75, 3.05) is 6.61 Å². The van der Waals surface area contributed by atoms with Crippen molar-refractivity contribution in [1.82, 2.24) is 5.32 Å². The average Bonchev–Trinajstić information content (AvgIpc) is 2.44. The maximum Gasteiger partial charge on any atom is 0.253 e. The van der Waals surface area contributed by atoms with Gasteiger partial charge in [-0.25, -0.2) is 0 Å². The van der Waals surface area contributed by atoms with Gasteiger partial charge in [0.1, 0.15) is 0 Å². The Morgan fingerprint density at radius 1 is 1.43 bits per heavy atom. The molecule has 0 aliphatic heterocycles. The van der Waals surface area contributed by atoms with Crippen molar-refractivity contribution in [3.8, 4) is 0 Å². The minimum Gasteiger partial charge on any atom is -0.378 e. The molecular formula is C17H23NO3. The molecule has 1 aromatic rings. The summed E-state index contributed by atoms with van der Waals surface area (Å²) < 4.78 is 5.78. The summed E-state index contributed by atoms with van der Waals surface area (Å²) >= 11 is 0. The fourth-order valence-electron chi connectivity index (χ4n) is 3.68. The van der Waals surface area contributed by atoms with Crippen LogP contribution in [0.4, 0.5) is 0 Å². The molecule has 0 bridgehead atoms. The molecule has 1 aromatic carbocycles. The number of carbonyl (C=O) groups is 1. The quantitative estimate of drug-likeness (QED) is 0.873. The van der Waals surface area contributed by atoms with Crippen LogP contribution in [0, 0.1) is 5.41 Å². The van der Waals surface area contributed by atoms with Crippen LogP contribution in [0.3, 0.4) is 0 Å². The maximum atomic E-state index is 12.2. The van der Waals surface area contributed by atoms with Gasteiger partial charge in [-0.3, -0.25) is 4.79 Å². The second-order valence-corrected chi connectivity index (χ2v) is 6.14. The van der Waals surface area contributed by atoms with Crippen LogP contribution < -0.4 is 5.32 Å². The zero-order valence-corrected chi connectivity index (χ0v) is 12.4. The van der Waals surface area contributed by atoms with Crippen molar-refractivity contribution in [3.05, 3.63) is 35.9 Å². The van der Waals surface area contributed by atoms with E-state index in [0.717, 1.165) is 25.9 Å². The van der Waals surface area contributed by atoms with Crippen molar-refractivity contribution >= 4 is 5.91 Å². The first-order chi connectivity index (χ1) is 10.2. The molecule has 2 aliphatic rings. The Morgan fingerprint density at radius 3 is 2.71 bits per heavy atom. The van der Waals surface area contributed by atoms with Crippen molar-refractivity contribution in [2.45, 2.75) is 50.9 Å². The minimum absolute atomic E-state index is 0.127. The summed E-state index contributed by atoms with van der Waals surface area (Å²) in [6.45, 7) is 2.73. The van der Waals surface area contributed by atoms with E-state index >= 15 is 0 Å². The third-order valence-corrected chi connectivity index (χ3v) is 5.12. The third-order valence-electron chi connectivity index (χ3n) is 5.12. The first kappa shape index (κ1) is 14.5. The average molecular weight is 289 g/mol. The van der Waals surface area contributed by atoms with Crippen LogP contribution in [0.1, 0.15) is 44.3 Å². The van der Waals surface area contributed by atoms with Crippen molar-refractivity contribution < 1.29 is 14.6 Å². The van der Waals surface area contributed by atoms with E-state index in [1.54, 1.807) is 12.1 Å². The number of carbonyl (C=O) groups excluding carboxylic acids is 1. The molecule has 2 saturated carbocycles. The molecule has 21 heavy (non-hydrogen) atoms.